The predicted octanol–water partition coefficient (Wildman–Crippen LogP) is 2.06. The summed E-state index contributed by atoms with van der Waals surface area (Å²) in [5.41, 5.74) is -0.881. The molecular weight excluding hydrogens is 468 g/mol. The Bertz CT molecular complexity index is 1030. The number of halogens is 1. The van der Waals surface area contributed by atoms with E-state index in [0.717, 1.165) is 24.2 Å². The summed E-state index contributed by atoms with van der Waals surface area (Å²) >= 11 is 5.84. The fourth-order valence-electron chi connectivity index (χ4n) is 4.91. The van der Waals surface area contributed by atoms with Crippen molar-refractivity contribution < 1.29 is 22.8 Å². The Balaban J connectivity index is 1.34. The molecule has 11 heteroatoms. The van der Waals surface area contributed by atoms with Gasteiger partial charge in [0.15, 0.2) is 0 Å². The Labute approximate surface area is 199 Å². The summed E-state index contributed by atoms with van der Waals surface area (Å²) in [5.74, 6) is -0.114. The van der Waals surface area contributed by atoms with Gasteiger partial charge in [-0.15, -0.1) is 0 Å². The van der Waals surface area contributed by atoms with Crippen molar-refractivity contribution >= 4 is 39.5 Å². The van der Waals surface area contributed by atoms with Crippen molar-refractivity contribution in [3.8, 4) is 0 Å². The van der Waals surface area contributed by atoms with Crippen molar-refractivity contribution in [3.63, 3.8) is 0 Å². The van der Waals surface area contributed by atoms with Crippen molar-refractivity contribution in [1.82, 2.24) is 19.4 Å². The number of urea groups is 1. The van der Waals surface area contributed by atoms with Crippen LogP contribution in [-0.2, 0) is 19.6 Å². The molecule has 33 heavy (non-hydrogen) atoms. The Morgan fingerprint density at radius 2 is 1.70 bits per heavy atom. The minimum absolute atomic E-state index is 0.138. The van der Waals surface area contributed by atoms with Crippen LogP contribution in [0.1, 0.15) is 39.0 Å². The van der Waals surface area contributed by atoms with E-state index in [0.29, 0.717) is 23.8 Å². The molecule has 3 aliphatic rings. The maximum absolute atomic E-state index is 13.0. The lowest BCUT2D eigenvalue weighted by molar-refractivity contribution is -0.140. The number of carbonyl (C=O) groups is 3. The molecule has 1 N–H and O–H groups in total. The van der Waals surface area contributed by atoms with Crippen LogP contribution in [0.4, 0.5) is 4.79 Å². The van der Waals surface area contributed by atoms with Crippen molar-refractivity contribution in [2.45, 2.75) is 49.5 Å². The Hall–Kier alpha value is -2.17. The first kappa shape index (κ1) is 24.0. The minimum atomic E-state index is -3.69. The predicted molar refractivity (Wildman–Crippen MR) is 122 cm³/mol. The summed E-state index contributed by atoms with van der Waals surface area (Å²) < 4.78 is 27.0. The number of sulfonamides is 1. The van der Waals surface area contributed by atoms with Gasteiger partial charge in [-0.25, -0.2) is 13.2 Å². The van der Waals surface area contributed by atoms with Crippen LogP contribution in [0.15, 0.2) is 29.2 Å². The molecule has 1 aliphatic carbocycles. The molecule has 4 amide bonds. The highest BCUT2D eigenvalue weighted by atomic mass is 35.5. The third-order valence-corrected chi connectivity index (χ3v) is 9.28. The van der Waals surface area contributed by atoms with Crippen LogP contribution >= 0.6 is 11.6 Å². The highest BCUT2D eigenvalue weighted by Gasteiger charge is 2.52. The highest BCUT2D eigenvalue weighted by Crippen LogP contribution is 2.37. The van der Waals surface area contributed by atoms with Gasteiger partial charge in [-0.2, -0.15) is 4.31 Å². The van der Waals surface area contributed by atoms with Gasteiger partial charge in [0.05, 0.1) is 4.90 Å². The van der Waals surface area contributed by atoms with Crippen LogP contribution in [0.2, 0.25) is 5.02 Å². The molecule has 0 bridgehead atoms. The first-order chi connectivity index (χ1) is 15.7. The topological polar surface area (TPSA) is 107 Å². The number of carbonyl (C=O) groups excluding carboxylic acids is 3. The van der Waals surface area contributed by atoms with E-state index in [-0.39, 0.29) is 49.4 Å². The quantitative estimate of drug-likeness (QED) is 0.628. The number of imide groups is 1. The number of benzene rings is 1. The van der Waals surface area contributed by atoms with Crippen LogP contribution in [-0.4, -0.2) is 78.6 Å². The van der Waals surface area contributed by atoms with Gasteiger partial charge in [-0.3, -0.25) is 14.5 Å². The number of amides is 4. The van der Waals surface area contributed by atoms with Crippen LogP contribution in [0, 0.1) is 5.92 Å². The van der Waals surface area contributed by atoms with E-state index in [2.05, 4.69) is 12.2 Å². The maximum atomic E-state index is 13.0. The number of nitrogens with zero attached hydrogens (tertiary/aromatic N) is 3. The van der Waals surface area contributed by atoms with Crippen LogP contribution < -0.4 is 5.32 Å². The second-order valence-corrected chi connectivity index (χ2v) is 11.4. The highest BCUT2D eigenvalue weighted by molar-refractivity contribution is 7.89. The Morgan fingerprint density at radius 1 is 1.09 bits per heavy atom. The van der Waals surface area contributed by atoms with E-state index < -0.39 is 21.6 Å². The monoisotopic (exact) mass is 496 g/mol. The average Bonchev–Trinajstić information content (AvgIpc) is 3.04. The lowest BCUT2D eigenvalue weighted by Crippen LogP contribution is -2.53. The van der Waals surface area contributed by atoms with Gasteiger partial charge in [0, 0.05) is 31.2 Å². The zero-order valence-electron chi connectivity index (χ0n) is 18.6. The Kier molecular flexibility index (Phi) is 6.70. The van der Waals surface area contributed by atoms with Crippen LogP contribution in [0.5, 0.6) is 0 Å². The van der Waals surface area contributed by atoms with Gasteiger partial charge in [-0.1, -0.05) is 24.9 Å². The molecular formula is C22H29ClN4O5S. The van der Waals surface area contributed by atoms with E-state index in [9.17, 15) is 22.8 Å². The van der Waals surface area contributed by atoms with Gasteiger partial charge >= 0.3 is 6.03 Å². The number of nitrogens with one attached hydrogen (secondary N) is 1. The van der Waals surface area contributed by atoms with Crippen molar-refractivity contribution in [3.05, 3.63) is 29.3 Å². The third kappa shape index (κ3) is 4.61. The zero-order chi connectivity index (χ0) is 23.8. The average molecular weight is 497 g/mol. The molecule has 2 saturated heterocycles. The molecule has 1 aromatic carbocycles. The van der Waals surface area contributed by atoms with Gasteiger partial charge in [0.2, 0.25) is 15.9 Å². The molecule has 2 aliphatic heterocycles. The SMILES string of the molecule is CCC1CCC2(CC1)NC(=O)N(CC(=O)N1CCN(S(=O)(=O)c3ccc(Cl)cc3)CC1)C2=O. The summed E-state index contributed by atoms with van der Waals surface area (Å²) in [6, 6.07) is 5.43. The first-order valence-electron chi connectivity index (χ1n) is 11.3. The molecule has 9 nitrogen and oxygen atoms in total. The fourth-order valence-corrected chi connectivity index (χ4v) is 6.45. The second kappa shape index (κ2) is 9.23. The lowest BCUT2D eigenvalue weighted by atomic mass is 9.75. The van der Waals surface area contributed by atoms with Crippen LogP contribution in [0.25, 0.3) is 0 Å². The molecule has 2 heterocycles. The molecule has 1 aromatic rings. The molecule has 3 fully saturated rings. The van der Waals surface area contributed by atoms with Crippen molar-refractivity contribution in [2.75, 3.05) is 32.7 Å². The summed E-state index contributed by atoms with van der Waals surface area (Å²) in [7, 11) is -3.69. The molecule has 180 valence electrons. The van der Waals surface area contributed by atoms with E-state index in [1.54, 1.807) is 0 Å². The summed E-state index contributed by atoms with van der Waals surface area (Å²) in [6.45, 7) is 2.46. The Morgan fingerprint density at radius 3 is 2.27 bits per heavy atom. The molecule has 0 atom stereocenters. The normalized spacial score (nSPS) is 26.7. The van der Waals surface area contributed by atoms with Crippen LogP contribution in [0.3, 0.4) is 0 Å². The van der Waals surface area contributed by atoms with Gasteiger partial charge in [0.25, 0.3) is 5.91 Å². The van der Waals surface area contributed by atoms with Crippen molar-refractivity contribution in [1.29, 1.82) is 0 Å². The smallest absolute Gasteiger partial charge is 0.325 e. The largest absolute Gasteiger partial charge is 0.338 e. The number of hydrogen-bond acceptors (Lipinski definition) is 5. The zero-order valence-corrected chi connectivity index (χ0v) is 20.2. The van der Waals surface area contributed by atoms with E-state index in [4.69, 9.17) is 11.6 Å². The molecule has 0 aromatic heterocycles. The van der Waals surface area contributed by atoms with Crippen molar-refractivity contribution in [2.24, 2.45) is 5.92 Å². The molecule has 1 saturated carbocycles. The number of piperazine rings is 1. The van der Waals surface area contributed by atoms with E-state index in [1.807, 2.05) is 0 Å². The minimum Gasteiger partial charge on any atom is -0.338 e. The first-order valence-corrected chi connectivity index (χ1v) is 13.2. The van der Waals surface area contributed by atoms with Gasteiger partial charge in [-0.05, 0) is 55.9 Å². The van der Waals surface area contributed by atoms with E-state index in [1.165, 1.54) is 33.5 Å². The van der Waals surface area contributed by atoms with Gasteiger partial charge < -0.3 is 10.2 Å². The molecule has 0 radical (unpaired) electrons. The van der Waals surface area contributed by atoms with E-state index >= 15 is 0 Å². The second-order valence-electron chi connectivity index (χ2n) is 8.99. The number of rotatable bonds is 5. The summed E-state index contributed by atoms with van der Waals surface area (Å²) in [6.07, 6.45) is 4.02. The summed E-state index contributed by atoms with van der Waals surface area (Å²) in [5, 5.41) is 3.29. The summed E-state index contributed by atoms with van der Waals surface area (Å²) in [4.78, 5) is 41.1. The molecule has 1 spiro atoms. The molecule has 0 unspecified atom stereocenters. The standard InChI is InChI=1S/C22H29ClN4O5S/c1-2-16-7-9-22(10-8-16)20(29)27(21(30)24-22)15-19(28)25-11-13-26(14-12-25)33(31,32)18-5-3-17(23)4-6-18/h3-6,16H,2,7-15H2,1H3,(H,24,30). The fraction of sp³-hybridized carbons (Fsp3) is 0.591. The lowest BCUT2D eigenvalue weighted by Gasteiger charge is -2.35. The maximum Gasteiger partial charge on any atom is 0.325 e. The molecule has 4 rings (SSSR count). The number of hydrogen-bond donors (Lipinski definition) is 1. The third-order valence-electron chi connectivity index (χ3n) is 7.12. The van der Waals surface area contributed by atoms with Gasteiger partial charge in [0.1, 0.15) is 12.1 Å².